The molecule has 0 aromatic heterocycles. The van der Waals surface area contributed by atoms with Gasteiger partial charge >= 0.3 is 0 Å². The summed E-state index contributed by atoms with van der Waals surface area (Å²) in [7, 11) is 0. The van der Waals surface area contributed by atoms with Gasteiger partial charge in [0.2, 0.25) is 0 Å². The minimum Gasteiger partial charge on any atom is -0.394 e. The highest BCUT2D eigenvalue weighted by Gasteiger charge is 2.44. The van der Waals surface area contributed by atoms with E-state index in [4.69, 9.17) is 9.84 Å². The van der Waals surface area contributed by atoms with Gasteiger partial charge in [0.1, 0.15) is 31.1 Å². The molecule has 5 atom stereocenters. The van der Waals surface area contributed by atoms with Crippen LogP contribution in [0.1, 0.15) is 6.42 Å². The number of nitrogens with one attached hydrogen (secondary N) is 1. The van der Waals surface area contributed by atoms with E-state index in [0.717, 1.165) is 25.1 Å². The molecule has 20 heavy (non-hydrogen) atoms. The molecule has 1 unspecified atom stereocenters. The normalized spacial score (nSPS) is 41.2. The van der Waals surface area contributed by atoms with Crippen molar-refractivity contribution in [1.82, 2.24) is 10.2 Å². The molecule has 0 aromatic rings. The van der Waals surface area contributed by atoms with Crippen molar-refractivity contribution in [3.63, 3.8) is 0 Å². The Hall–Kier alpha value is -0.990. The Labute approximate surface area is 117 Å². The zero-order valence-electron chi connectivity index (χ0n) is 11.2. The number of hydrogen-bond donors (Lipinski definition) is 4. The number of ether oxygens (including phenoxy) is 1. The number of aliphatic imine (C=N–C) groups is 1. The van der Waals surface area contributed by atoms with E-state index in [0.29, 0.717) is 12.7 Å². The fraction of sp³-hybridized carbons (Fsp3) is 0.769. The van der Waals surface area contributed by atoms with Crippen molar-refractivity contribution >= 4 is 6.21 Å². The maximum Gasteiger partial charge on any atom is 0.114 e. The molecule has 0 saturated carbocycles. The monoisotopic (exact) mass is 283 g/mol. The number of nitrogens with zero attached hydrogens (tertiary/aromatic N) is 2. The lowest BCUT2D eigenvalue weighted by Gasteiger charge is -2.30. The van der Waals surface area contributed by atoms with E-state index in [1.807, 2.05) is 6.20 Å². The summed E-state index contributed by atoms with van der Waals surface area (Å²) in [4.78, 5) is 6.44. The molecule has 3 rings (SSSR count). The predicted molar refractivity (Wildman–Crippen MR) is 72.3 cm³/mol. The molecule has 3 heterocycles. The molecule has 7 nitrogen and oxygen atoms in total. The number of aliphatic hydroxyl groups excluding tert-OH is 3. The van der Waals surface area contributed by atoms with E-state index in [9.17, 15) is 10.2 Å². The second-order valence-corrected chi connectivity index (χ2v) is 5.50. The van der Waals surface area contributed by atoms with Crippen molar-refractivity contribution in [2.75, 3.05) is 26.4 Å². The molecule has 2 fully saturated rings. The predicted octanol–water partition coefficient (Wildman–Crippen LogP) is -1.94. The Morgan fingerprint density at radius 3 is 2.90 bits per heavy atom. The van der Waals surface area contributed by atoms with Gasteiger partial charge < -0.3 is 30.3 Å². The number of rotatable bonds is 3. The second-order valence-electron chi connectivity index (χ2n) is 5.50. The van der Waals surface area contributed by atoms with Crippen LogP contribution in [0.3, 0.4) is 0 Å². The third kappa shape index (κ3) is 2.47. The van der Waals surface area contributed by atoms with E-state index < -0.39 is 24.4 Å². The Balaban J connectivity index is 1.74. The van der Waals surface area contributed by atoms with Gasteiger partial charge in [0.15, 0.2) is 0 Å². The maximum atomic E-state index is 10.0. The van der Waals surface area contributed by atoms with Crippen LogP contribution in [-0.2, 0) is 4.74 Å². The van der Waals surface area contributed by atoms with E-state index in [1.165, 1.54) is 0 Å². The van der Waals surface area contributed by atoms with Crippen molar-refractivity contribution in [3.8, 4) is 0 Å². The van der Waals surface area contributed by atoms with Gasteiger partial charge in [-0.15, -0.1) is 0 Å². The first-order valence-corrected chi connectivity index (χ1v) is 7.01. The third-order valence-corrected chi connectivity index (χ3v) is 4.17. The van der Waals surface area contributed by atoms with Crippen LogP contribution in [0.25, 0.3) is 0 Å². The summed E-state index contributed by atoms with van der Waals surface area (Å²) >= 11 is 0. The van der Waals surface area contributed by atoms with Crippen LogP contribution in [-0.4, -0.2) is 83.3 Å². The summed E-state index contributed by atoms with van der Waals surface area (Å²) in [5.41, 5.74) is 0.741. The Kier molecular flexibility index (Phi) is 4.04. The average molecular weight is 283 g/mol. The summed E-state index contributed by atoms with van der Waals surface area (Å²) in [5, 5.41) is 32.3. The molecule has 0 radical (unpaired) electrons. The molecule has 3 aliphatic rings. The van der Waals surface area contributed by atoms with E-state index in [2.05, 4.69) is 15.2 Å². The fourth-order valence-corrected chi connectivity index (χ4v) is 2.97. The highest BCUT2D eigenvalue weighted by Crippen LogP contribution is 2.27. The lowest BCUT2D eigenvalue weighted by Crippen LogP contribution is -2.38. The zero-order chi connectivity index (χ0) is 14.1. The van der Waals surface area contributed by atoms with Gasteiger partial charge in [-0.1, -0.05) is 0 Å². The van der Waals surface area contributed by atoms with Crippen LogP contribution >= 0.6 is 0 Å². The Bertz CT molecular complexity index is 408. The van der Waals surface area contributed by atoms with Gasteiger partial charge in [-0.05, 0) is 13.0 Å². The van der Waals surface area contributed by atoms with Crippen LogP contribution in [0.2, 0.25) is 0 Å². The number of aliphatic hydroxyl groups is 3. The van der Waals surface area contributed by atoms with Gasteiger partial charge in [-0.3, -0.25) is 4.99 Å². The molecule has 2 saturated heterocycles. The van der Waals surface area contributed by atoms with E-state index in [-0.39, 0.29) is 6.61 Å². The molecule has 0 spiro atoms. The van der Waals surface area contributed by atoms with Gasteiger partial charge in [0.25, 0.3) is 0 Å². The SMILES string of the molecule is OC[C@H]1O[C@@H](C2=CN(C3CCNC3)CN=C2)[C@H](O)[C@@H]1O. The maximum absolute atomic E-state index is 10.0. The zero-order valence-corrected chi connectivity index (χ0v) is 11.2. The quantitative estimate of drug-likeness (QED) is 0.481. The molecule has 0 aromatic carbocycles. The highest BCUT2D eigenvalue weighted by atomic mass is 16.6. The van der Waals surface area contributed by atoms with Gasteiger partial charge in [0.05, 0.1) is 6.61 Å². The molecule has 3 aliphatic heterocycles. The van der Waals surface area contributed by atoms with E-state index in [1.54, 1.807) is 6.21 Å². The largest absolute Gasteiger partial charge is 0.394 e. The molecular formula is C13H21N3O4. The lowest BCUT2D eigenvalue weighted by molar-refractivity contribution is -0.0133. The minimum absolute atomic E-state index is 0.310. The molecule has 0 amide bonds. The van der Waals surface area contributed by atoms with Crippen LogP contribution in [0.15, 0.2) is 16.8 Å². The first kappa shape index (κ1) is 14.0. The fourth-order valence-electron chi connectivity index (χ4n) is 2.97. The topological polar surface area (TPSA) is 97.6 Å². The second kappa shape index (κ2) is 5.79. The van der Waals surface area contributed by atoms with E-state index >= 15 is 0 Å². The van der Waals surface area contributed by atoms with Crippen LogP contribution < -0.4 is 5.32 Å². The first-order chi connectivity index (χ1) is 9.70. The third-order valence-electron chi connectivity index (χ3n) is 4.17. The molecule has 7 heteroatoms. The standard InChI is InChI=1S/C13H21N3O4/c17-6-10-11(18)12(19)13(20-10)8-3-15-7-16(5-8)9-1-2-14-4-9/h3,5,9-14,17-19H,1-2,4,6-7H2/t9?,10-,11-,12-,13+/m1/s1. The molecule has 0 bridgehead atoms. The van der Waals surface area contributed by atoms with Gasteiger partial charge in [-0.25, -0.2) is 0 Å². The summed E-state index contributed by atoms with van der Waals surface area (Å²) < 4.78 is 5.53. The van der Waals surface area contributed by atoms with Crippen molar-refractivity contribution in [2.45, 2.75) is 36.9 Å². The Morgan fingerprint density at radius 1 is 1.40 bits per heavy atom. The first-order valence-electron chi connectivity index (χ1n) is 7.01. The smallest absolute Gasteiger partial charge is 0.114 e. The summed E-state index contributed by atoms with van der Waals surface area (Å²) in [6.45, 7) is 2.22. The van der Waals surface area contributed by atoms with Crippen LogP contribution in [0.5, 0.6) is 0 Å². The molecule has 0 aliphatic carbocycles. The lowest BCUT2D eigenvalue weighted by atomic mass is 10.0. The molecule has 4 N–H and O–H groups in total. The van der Waals surface area contributed by atoms with Crippen molar-refractivity contribution in [1.29, 1.82) is 0 Å². The van der Waals surface area contributed by atoms with Crippen molar-refractivity contribution in [3.05, 3.63) is 11.8 Å². The summed E-state index contributed by atoms with van der Waals surface area (Å²) in [6, 6.07) is 0.402. The van der Waals surface area contributed by atoms with Crippen molar-refractivity contribution in [2.24, 2.45) is 4.99 Å². The van der Waals surface area contributed by atoms with Gasteiger partial charge in [-0.2, -0.15) is 0 Å². The van der Waals surface area contributed by atoms with Crippen molar-refractivity contribution < 1.29 is 20.1 Å². The summed E-state index contributed by atoms with van der Waals surface area (Å²) in [5.74, 6) is 0. The Morgan fingerprint density at radius 2 is 2.25 bits per heavy atom. The highest BCUT2D eigenvalue weighted by molar-refractivity contribution is 5.80. The molecular weight excluding hydrogens is 262 g/mol. The average Bonchev–Trinajstić information content (AvgIpc) is 3.10. The molecule has 112 valence electrons. The van der Waals surface area contributed by atoms with Crippen LogP contribution in [0.4, 0.5) is 0 Å². The van der Waals surface area contributed by atoms with Gasteiger partial charge in [0, 0.05) is 30.6 Å². The summed E-state index contributed by atoms with van der Waals surface area (Å²) in [6.07, 6.45) is 1.21. The number of hydrogen-bond acceptors (Lipinski definition) is 7. The van der Waals surface area contributed by atoms with Crippen LogP contribution in [0, 0.1) is 0 Å². The minimum atomic E-state index is -1.07.